The third-order valence-electron chi connectivity index (χ3n) is 3.21. The Kier molecular flexibility index (Phi) is 2.76. The van der Waals surface area contributed by atoms with E-state index in [1.807, 2.05) is 42.6 Å². The topological polar surface area (TPSA) is 67.5 Å². The second-order valence-corrected chi connectivity index (χ2v) is 4.35. The Morgan fingerprint density at radius 2 is 2.05 bits per heavy atom. The number of aldehydes is 1. The Morgan fingerprint density at radius 1 is 1.26 bits per heavy atom. The number of carbonyl (C=O) groups excluding carboxylic acids is 1. The van der Waals surface area contributed by atoms with Gasteiger partial charge in [0.1, 0.15) is 18.2 Å². The Labute approximate surface area is 111 Å². The van der Waals surface area contributed by atoms with Gasteiger partial charge in [-0.1, -0.05) is 30.3 Å². The van der Waals surface area contributed by atoms with Crippen LogP contribution in [0.5, 0.6) is 0 Å². The fourth-order valence-electron chi connectivity index (χ4n) is 2.35. The third-order valence-corrected chi connectivity index (χ3v) is 3.21. The molecule has 3 N–H and O–H groups in total. The molecule has 2 aliphatic heterocycles. The van der Waals surface area contributed by atoms with Gasteiger partial charge in [0.15, 0.2) is 0 Å². The summed E-state index contributed by atoms with van der Waals surface area (Å²) in [5.41, 5.74) is 9.72. The monoisotopic (exact) mass is 251 g/mol. The molecule has 1 unspecified atom stereocenters. The molecule has 0 amide bonds. The van der Waals surface area contributed by atoms with E-state index < -0.39 is 6.04 Å². The first kappa shape index (κ1) is 11.5. The van der Waals surface area contributed by atoms with Crippen molar-refractivity contribution in [2.45, 2.75) is 6.04 Å². The van der Waals surface area contributed by atoms with E-state index in [1.54, 1.807) is 6.20 Å². The predicted octanol–water partition coefficient (Wildman–Crippen LogP) is 1.38. The summed E-state index contributed by atoms with van der Waals surface area (Å²) in [4.78, 5) is 15.4. The SMILES string of the molecule is NC1=NC(C=O)C2=CNC=CC2=C1c1ccccc1. The number of nitrogens with zero attached hydrogens (tertiary/aromatic N) is 1. The second-order valence-electron chi connectivity index (χ2n) is 4.35. The number of allylic oxidation sites excluding steroid dienone is 1. The second kappa shape index (κ2) is 4.57. The number of hydrogen-bond acceptors (Lipinski definition) is 4. The fraction of sp³-hybridized carbons (Fsp3) is 0.0667. The molecule has 4 nitrogen and oxygen atoms in total. The third kappa shape index (κ3) is 1.87. The van der Waals surface area contributed by atoms with Crippen molar-refractivity contribution in [2.24, 2.45) is 10.7 Å². The van der Waals surface area contributed by atoms with Gasteiger partial charge in [-0.2, -0.15) is 0 Å². The number of amidine groups is 1. The van der Waals surface area contributed by atoms with E-state index in [2.05, 4.69) is 10.3 Å². The highest BCUT2D eigenvalue weighted by Gasteiger charge is 2.27. The van der Waals surface area contributed by atoms with Gasteiger partial charge in [0, 0.05) is 23.5 Å². The van der Waals surface area contributed by atoms with E-state index >= 15 is 0 Å². The van der Waals surface area contributed by atoms with E-state index in [1.165, 1.54) is 0 Å². The molecular weight excluding hydrogens is 238 g/mol. The fourth-order valence-corrected chi connectivity index (χ4v) is 2.35. The number of nitrogens with one attached hydrogen (secondary N) is 1. The van der Waals surface area contributed by atoms with Crippen LogP contribution in [0.3, 0.4) is 0 Å². The highest BCUT2D eigenvalue weighted by Crippen LogP contribution is 2.32. The van der Waals surface area contributed by atoms with Gasteiger partial charge in [-0.25, -0.2) is 0 Å². The number of aliphatic imine (C=N–C) groups is 1. The van der Waals surface area contributed by atoms with Gasteiger partial charge >= 0.3 is 0 Å². The lowest BCUT2D eigenvalue weighted by atomic mass is 9.87. The van der Waals surface area contributed by atoms with Gasteiger partial charge in [-0.05, 0) is 17.2 Å². The summed E-state index contributed by atoms with van der Waals surface area (Å²) in [6.07, 6.45) is 6.35. The van der Waals surface area contributed by atoms with Gasteiger partial charge < -0.3 is 15.8 Å². The molecule has 3 rings (SSSR count). The summed E-state index contributed by atoms with van der Waals surface area (Å²) >= 11 is 0. The van der Waals surface area contributed by atoms with Gasteiger partial charge in [-0.15, -0.1) is 0 Å². The zero-order valence-electron chi connectivity index (χ0n) is 10.2. The van der Waals surface area contributed by atoms with E-state index in [0.29, 0.717) is 5.84 Å². The molecule has 0 aromatic heterocycles. The molecule has 0 radical (unpaired) electrons. The minimum Gasteiger partial charge on any atom is -0.383 e. The molecule has 0 fully saturated rings. The maximum absolute atomic E-state index is 11.1. The molecule has 1 atom stereocenters. The van der Waals surface area contributed by atoms with Crippen molar-refractivity contribution in [3.05, 3.63) is 65.5 Å². The summed E-state index contributed by atoms with van der Waals surface area (Å²) in [7, 11) is 0. The van der Waals surface area contributed by atoms with Crippen molar-refractivity contribution in [3.8, 4) is 0 Å². The molecule has 1 aromatic carbocycles. The molecule has 1 aromatic rings. The summed E-state index contributed by atoms with van der Waals surface area (Å²) < 4.78 is 0. The number of hydrogen-bond donors (Lipinski definition) is 2. The van der Waals surface area contributed by atoms with E-state index in [-0.39, 0.29) is 0 Å². The van der Waals surface area contributed by atoms with Crippen LogP contribution in [-0.4, -0.2) is 18.2 Å². The molecule has 94 valence electrons. The number of benzene rings is 1. The normalized spacial score (nSPS) is 21.2. The Morgan fingerprint density at radius 3 is 2.79 bits per heavy atom. The summed E-state index contributed by atoms with van der Waals surface area (Å²) in [6, 6.07) is 9.30. The average molecular weight is 251 g/mol. The van der Waals surface area contributed by atoms with E-state index in [0.717, 1.165) is 28.6 Å². The van der Waals surface area contributed by atoms with Crippen LogP contribution < -0.4 is 11.1 Å². The zero-order valence-corrected chi connectivity index (χ0v) is 10.2. The zero-order chi connectivity index (χ0) is 13.2. The first-order chi connectivity index (χ1) is 9.31. The quantitative estimate of drug-likeness (QED) is 0.780. The van der Waals surface area contributed by atoms with Crippen molar-refractivity contribution in [3.63, 3.8) is 0 Å². The maximum Gasteiger partial charge on any atom is 0.149 e. The van der Waals surface area contributed by atoms with Crippen LogP contribution >= 0.6 is 0 Å². The lowest BCUT2D eigenvalue weighted by Gasteiger charge is -2.25. The molecule has 0 saturated carbocycles. The Hall–Kier alpha value is -2.62. The standard InChI is InChI=1S/C15H13N3O/c16-15-14(10-4-2-1-3-5-10)11-6-7-17-8-12(11)13(9-19)18-15/h1-9,13,17H,(H2,16,18). The number of fused-ring (bicyclic) bond motifs is 1. The number of rotatable bonds is 2. The van der Waals surface area contributed by atoms with Gasteiger partial charge in [0.2, 0.25) is 0 Å². The van der Waals surface area contributed by atoms with E-state index in [9.17, 15) is 4.79 Å². The van der Waals surface area contributed by atoms with Crippen LogP contribution in [0, 0.1) is 0 Å². The van der Waals surface area contributed by atoms with Crippen LogP contribution in [0.15, 0.2) is 64.9 Å². The van der Waals surface area contributed by atoms with Crippen LogP contribution in [0.1, 0.15) is 5.56 Å². The molecule has 2 aliphatic rings. The largest absolute Gasteiger partial charge is 0.383 e. The van der Waals surface area contributed by atoms with Crippen molar-refractivity contribution in [1.29, 1.82) is 0 Å². The Balaban J connectivity index is 2.21. The smallest absolute Gasteiger partial charge is 0.149 e. The summed E-state index contributed by atoms with van der Waals surface area (Å²) in [5, 5.41) is 2.99. The molecule has 0 saturated heterocycles. The van der Waals surface area contributed by atoms with Crippen molar-refractivity contribution < 1.29 is 4.79 Å². The summed E-state index contributed by atoms with van der Waals surface area (Å²) in [5.74, 6) is 0.405. The van der Waals surface area contributed by atoms with E-state index in [4.69, 9.17) is 5.73 Å². The first-order valence-corrected chi connectivity index (χ1v) is 6.03. The molecular formula is C15H13N3O. The van der Waals surface area contributed by atoms with Gasteiger partial charge in [-0.3, -0.25) is 4.99 Å². The van der Waals surface area contributed by atoms with Crippen molar-refractivity contribution in [1.82, 2.24) is 5.32 Å². The van der Waals surface area contributed by atoms with Crippen LogP contribution in [-0.2, 0) is 4.79 Å². The van der Waals surface area contributed by atoms with Gasteiger partial charge in [0.05, 0.1) is 0 Å². The van der Waals surface area contributed by atoms with Crippen LogP contribution in [0.25, 0.3) is 5.57 Å². The lowest BCUT2D eigenvalue weighted by molar-refractivity contribution is -0.108. The molecule has 19 heavy (non-hydrogen) atoms. The number of carbonyl (C=O) groups is 1. The van der Waals surface area contributed by atoms with Crippen LogP contribution in [0.4, 0.5) is 0 Å². The first-order valence-electron chi connectivity index (χ1n) is 6.03. The van der Waals surface area contributed by atoms with Gasteiger partial charge in [0.25, 0.3) is 0 Å². The highest BCUT2D eigenvalue weighted by molar-refractivity contribution is 6.25. The molecule has 0 aliphatic carbocycles. The van der Waals surface area contributed by atoms with Crippen molar-refractivity contribution >= 4 is 17.7 Å². The molecule has 2 heterocycles. The number of nitrogens with two attached hydrogens (primary N) is 1. The maximum atomic E-state index is 11.1. The average Bonchev–Trinajstić information content (AvgIpc) is 2.47. The predicted molar refractivity (Wildman–Crippen MR) is 75.2 cm³/mol. The lowest BCUT2D eigenvalue weighted by Crippen LogP contribution is -2.29. The number of dihydropyridines is 2. The van der Waals surface area contributed by atoms with Crippen LogP contribution in [0.2, 0.25) is 0 Å². The van der Waals surface area contributed by atoms with Crippen molar-refractivity contribution in [2.75, 3.05) is 0 Å². The molecule has 4 heteroatoms. The minimum absolute atomic E-state index is 0.405. The summed E-state index contributed by atoms with van der Waals surface area (Å²) in [6.45, 7) is 0. The minimum atomic E-state index is -0.528. The Bertz CT molecular complexity index is 639. The highest BCUT2D eigenvalue weighted by atomic mass is 16.1. The molecule has 0 spiro atoms. The molecule has 0 bridgehead atoms.